The summed E-state index contributed by atoms with van der Waals surface area (Å²) in [7, 11) is 2.05. The molecule has 0 bridgehead atoms. The maximum absolute atomic E-state index is 11.7. The van der Waals surface area contributed by atoms with Crippen LogP contribution in [0.5, 0.6) is 0 Å². The highest BCUT2D eigenvalue weighted by molar-refractivity contribution is 5.75. The number of carboxylic acids is 1. The van der Waals surface area contributed by atoms with Crippen molar-refractivity contribution in [1.29, 1.82) is 0 Å². The van der Waals surface area contributed by atoms with Gasteiger partial charge in [-0.25, -0.2) is 0 Å². The average Bonchev–Trinajstić information content (AvgIpc) is 2.13. The van der Waals surface area contributed by atoms with Gasteiger partial charge >= 0.3 is 5.97 Å². The lowest BCUT2D eigenvalue weighted by Crippen LogP contribution is -2.46. The van der Waals surface area contributed by atoms with E-state index in [4.69, 9.17) is 0 Å². The molecule has 1 N–H and O–H groups in total. The molecule has 18 heavy (non-hydrogen) atoms. The summed E-state index contributed by atoms with van der Waals surface area (Å²) in [6.07, 6.45) is 3.90. The van der Waals surface area contributed by atoms with E-state index in [-0.39, 0.29) is 5.41 Å². The fraction of sp³-hybridized carbons (Fsp3) is 0.933. The maximum Gasteiger partial charge on any atom is 0.310 e. The Labute approximate surface area is 112 Å². The molecule has 1 rings (SSSR count). The van der Waals surface area contributed by atoms with Gasteiger partial charge in [-0.3, -0.25) is 4.79 Å². The monoisotopic (exact) mass is 255 g/mol. The van der Waals surface area contributed by atoms with E-state index in [0.29, 0.717) is 12.5 Å². The van der Waals surface area contributed by atoms with Crippen LogP contribution in [-0.2, 0) is 4.79 Å². The van der Waals surface area contributed by atoms with E-state index in [1.54, 1.807) is 0 Å². The van der Waals surface area contributed by atoms with Crippen molar-refractivity contribution in [3.8, 4) is 0 Å². The largest absolute Gasteiger partial charge is 0.481 e. The summed E-state index contributed by atoms with van der Waals surface area (Å²) in [4.78, 5) is 13.9. The molecule has 3 heteroatoms. The Balaban J connectivity index is 2.71. The number of carboxylic acid groups (broad SMARTS) is 1. The molecule has 0 saturated heterocycles. The minimum absolute atomic E-state index is 0.217. The molecule has 0 aromatic heterocycles. The second-order valence-electron chi connectivity index (χ2n) is 7.52. The highest BCUT2D eigenvalue weighted by atomic mass is 16.4. The zero-order chi connectivity index (χ0) is 14.0. The van der Waals surface area contributed by atoms with Crippen LogP contribution < -0.4 is 0 Å². The molecule has 1 aliphatic rings. The Hall–Kier alpha value is -0.570. The average molecular weight is 255 g/mol. The van der Waals surface area contributed by atoms with Gasteiger partial charge in [0.15, 0.2) is 0 Å². The molecule has 0 aliphatic heterocycles. The third-order valence-corrected chi connectivity index (χ3v) is 3.86. The molecule has 1 aliphatic carbocycles. The predicted molar refractivity (Wildman–Crippen MR) is 74.7 cm³/mol. The minimum atomic E-state index is -0.602. The molecule has 0 spiro atoms. The second-order valence-corrected chi connectivity index (χ2v) is 7.52. The van der Waals surface area contributed by atoms with Crippen molar-refractivity contribution in [1.82, 2.24) is 4.90 Å². The van der Waals surface area contributed by atoms with Crippen LogP contribution in [0.15, 0.2) is 0 Å². The SMILES string of the molecule is CC1CCCC(CN(C)CC(C)(C)C)(C(=O)O)C1. The Morgan fingerprint density at radius 2 is 2.06 bits per heavy atom. The lowest BCUT2D eigenvalue weighted by molar-refractivity contribution is -0.153. The summed E-state index contributed by atoms with van der Waals surface area (Å²) < 4.78 is 0. The summed E-state index contributed by atoms with van der Waals surface area (Å²) in [5.74, 6) is -0.0623. The Kier molecular flexibility index (Phi) is 4.82. The fourth-order valence-electron chi connectivity index (χ4n) is 3.45. The zero-order valence-corrected chi connectivity index (χ0v) is 12.6. The van der Waals surface area contributed by atoms with Crippen molar-refractivity contribution < 1.29 is 9.90 Å². The number of nitrogens with zero attached hydrogens (tertiary/aromatic N) is 1. The van der Waals surface area contributed by atoms with E-state index in [2.05, 4.69) is 39.6 Å². The highest BCUT2D eigenvalue weighted by Crippen LogP contribution is 2.40. The number of carbonyl (C=O) groups is 1. The summed E-state index contributed by atoms with van der Waals surface area (Å²) in [6.45, 7) is 10.4. The first-order chi connectivity index (χ1) is 8.15. The highest BCUT2D eigenvalue weighted by Gasteiger charge is 2.42. The van der Waals surface area contributed by atoms with Crippen molar-refractivity contribution in [3.05, 3.63) is 0 Å². The summed E-state index contributed by atoms with van der Waals surface area (Å²) in [5.41, 5.74) is -0.299. The molecular weight excluding hydrogens is 226 g/mol. The molecule has 3 nitrogen and oxygen atoms in total. The fourth-order valence-corrected chi connectivity index (χ4v) is 3.45. The van der Waals surface area contributed by atoms with Crippen molar-refractivity contribution >= 4 is 5.97 Å². The van der Waals surface area contributed by atoms with E-state index < -0.39 is 11.4 Å². The molecule has 2 atom stereocenters. The van der Waals surface area contributed by atoms with E-state index >= 15 is 0 Å². The molecule has 0 heterocycles. The van der Waals surface area contributed by atoms with Gasteiger partial charge in [0.25, 0.3) is 0 Å². The van der Waals surface area contributed by atoms with Gasteiger partial charge in [0.2, 0.25) is 0 Å². The number of aliphatic carboxylic acids is 1. The maximum atomic E-state index is 11.7. The van der Waals surface area contributed by atoms with Crippen molar-refractivity contribution in [2.45, 2.75) is 53.4 Å². The van der Waals surface area contributed by atoms with Crippen molar-refractivity contribution in [2.24, 2.45) is 16.7 Å². The van der Waals surface area contributed by atoms with Crippen LogP contribution in [0.2, 0.25) is 0 Å². The van der Waals surface area contributed by atoms with Crippen LogP contribution in [0.4, 0.5) is 0 Å². The topological polar surface area (TPSA) is 40.5 Å². The Morgan fingerprint density at radius 3 is 2.50 bits per heavy atom. The van der Waals surface area contributed by atoms with Crippen LogP contribution in [0.1, 0.15) is 53.4 Å². The van der Waals surface area contributed by atoms with Crippen LogP contribution in [0.25, 0.3) is 0 Å². The molecular formula is C15H29NO2. The third-order valence-electron chi connectivity index (χ3n) is 3.86. The lowest BCUT2D eigenvalue weighted by Gasteiger charge is -2.40. The molecule has 0 radical (unpaired) electrons. The molecule has 1 fully saturated rings. The standard InChI is InChI=1S/C15H29NO2/c1-12-7-6-8-15(9-12,13(17)18)11-16(5)10-14(2,3)4/h12H,6-11H2,1-5H3,(H,17,18). The first-order valence-corrected chi connectivity index (χ1v) is 7.07. The number of hydrogen-bond donors (Lipinski definition) is 1. The first-order valence-electron chi connectivity index (χ1n) is 7.07. The quantitative estimate of drug-likeness (QED) is 0.838. The van der Waals surface area contributed by atoms with Crippen LogP contribution in [-0.4, -0.2) is 36.1 Å². The molecule has 1 saturated carbocycles. The minimum Gasteiger partial charge on any atom is -0.481 e. The summed E-state index contributed by atoms with van der Waals surface area (Å²) >= 11 is 0. The van der Waals surface area contributed by atoms with Gasteiger partial charge < -0.3 is 10.0 Å². The Bertz CT molecular complexity index is 295. The number of hydrogen-bond acceptors (Lipinski definition) is 2. The van der Waals surface area contributed by atoms with Gasteiger partial charge in [-0.05, 0) is 31.2 Å². The summed E-state index contributed by atoms with van der Waals surface area (Å²) in [6, 6.07) is 0. The molecule has 0 aromatic rings. The van der Waals surface area contributed by atoms with Gasteiger partial charge in [0.1, 0.15) is 0 Å². The third kappa shape index (κ3) is 4.27. The normalized spacial score (nSPS) is 29.6. The van der Waals surface area contributed by atoms with Crippen LogP contribution >= 0.6 is 0 Å². The zero-order valence-electron chi connectivity index (χ0n) is 12.6. The molecule has 106 valence electrons. The smallest absolute Gasteiger partial charge is 0.310 e. The van der Waals surface area contributed by atoms with E-state index in [1.165, 1.54) is 6.42 Å². The van der Waals surface area contributed by atoms with Crippen LogP contribution in [0.3, 0.4) is 0 Å². The predicted octanol–water partition coefficient (Wildman–Crippen LogP) is 3.25. The van der Waals surface area contributed by atoms with Gasteiger partial charge in [0.05, 0.1) is 5.41 Å². The molecule has 0 amide bonds. The summed E-state index contributed by atoms with van der Waals surface area (Å²) in [5, 5.41) is 9.63. The van der Waals surface area contributed by atoms with Gasteiger partial charge in [-0.1, -0.05) is 40.5 Å². The van der Waals surface area contributed by atoms with Crippen molar-refractivity contribution in [3.63, 3.8) is 0 Å². The molecule has 0 aromatic carbocycles. The lowest BCUT2D eigenvalue weighted by atomic mass is 9.69. The first kappa shape index (κ1) is 15.5. The van der Waals surface area contributed by atoms with Gasteiger partial charge in [-0.15, -0.1) is 0 Å². The number of rotatable bonds is 4. The Morgan fingerprint density at radius 1 is 1.44 bits per heavy atom. The van der Waals surface area contributed by atoms with Crippen LogP contribution in [0, 0.1) is 16.7 Å². The van der Waals surface area contributed by atoms with E-state index in [0.717, 1.165) is 25.8 Å². The molecule has 2 unspecified atom stereocenters. The van der Waals surface area contributed by atoms with Gasteiger partial charge in [0, 0.05) is 13.1 Å². The van der Waals surface area contributed by atoms with E-state index in [9.17, 15) is 9.90 Å². The van der Waals surface area contributed by atoms with E-state index in [1.807, 2.05) is 0 Å². The van der Waals surface area contributed by atoms with Gasteiger partial charge in [-0.2, -0.15) is 0 Å². The van der Waals surface area contributed by atoms with Crippen molar-refractivity contribution in [2.75, 3.05) is 20.1 Å². The second kappa shape index (κ2) is 5.60.